The van der Waals surface area contributed by atoms with E-state index in [1.165, 1.54) is 12.1 Å². The summed E-state index contributed by atoms with van der Waals surface area (Å²) in [4.78, 5) is 35.4. The Kier molecular flexibility index (Phi) is 10.7. The standard InChI is InChI=1S/C21H21Cl2N3O5S/c22-15-6-7-17(16(23)12-15)31-13-19(28)25-26-21(32)24-18(27)8-9-20(29)30-11-10-14-4-2-1-3-5-14/h1-7,12H,8-11,13H2,(H,25,28)(H2,24,26,27,32). The minimum Gasteiger partial charge on any atom is -0.482 e. The Morgan fingerprint density at radius 2 is 1.69 bits per heavy atom. The van der Waals surface area contributed by atoms with E-state index in [-0.39, 0.29) is 41.9 Å². The van der Waals surface area contributed by atoms with E-state index in [4.69, 9.17) is 44.9 Å². The maximum Gasteiger partial charge on any atom is 0.306 e. The smallest absolute Gasteiger partial charge is 0.306 e. The Hall–Kier alpha value is -2.88. The van der Waals surface area contributed by atoms with E-state index >= 15 is 0 Å². The largest absolute Gasteiger partial charge is 0.482 e. The molecule has 8 nitrogen and oxygen atoms in total. The summed E-state index contributed by atoms with van der Waals surface area (Å²) in [7, 11) is 0. The number of hydrogen-bond donors (Lipinski definition) is 3. The quantitative estimate of drug-likeness (QED) is 0.277. The number of ether oxygens (including phenoxy) is 2. The zero-order valence-electron chi connectivity index (χ0n) is 16.9. The maximum absolute atomic E-state index is 11.9. The van der Waals surface area contributed by atoms with Crippen molar-refractivity contribution in [2.24, 2.45) is 0 Å². The highest BCUT2D eigenvalue weighted by molar-refractivity contribution is 7.80. The number of carbonyl (C=O) groups is 3. The molecule has 2 amide bonds. The Balaban J connectivity index is 1.57. The van der Waals surface area contributed by atoms with Crippen LogP contribution in [0.3, 0.4) is 0 Å². The lowest BCUT2D eigenvalue weighted by Crippen LogP contribution is -2.49. The highest BCUT2D eigenvalue weighted by Crippen LogP contribution is 2.27. The average Bonchev–Trinajstić information content (AvgIpc) is 2.76. The molecule has 0 aliphatic rings. The third-order valence-electron chi connectivity index (χ3n) is 3.87. The van der Waals surface area contributed by atoms with E-state index in [2.05, 4.69) is 16.2 Å². The number of hydrazine groups is 1. The van der Waals surface area contributed by atoms with Crippen molar-refractivity contribution in [1.29, 1.82) is 0 Å². The van der Waals surface area contributed by atoms with Crippen molar-refractivity contribution >= 4 is 58.3 Å². The summed E-state index contributed by atoms with van der Waals surface area (Å²) in [5.41, 5.74) is 5.68. The monoisotopic (exact) mass is 497 g/mol. The van der Waals surface area contributed by atoms with Gasteiger partial charge < -0.3 is 14.8 Å². The fourth-order valence-corrected chi connectivity index (χ4v) is 2.96. The molecule has 0 aliphatic heterocycles. The summed E-state index contributed by atoms with van der Waals surface area (Å²) in [6.07, 6.45) is 0.393. The summed E-state index contributed by atoms with van der Waals surface area (Å²) >= 11 is 16.6. The predicted molar refractivity (Wildman–Crippen MR) is 124 cm³/mol. The van der Waals surface area contributed by atoms with Crippen molar-refractivity contribution in [3.63, 3.8) is 0 Å². The fraction of sp³-hybridized carbons (Fsp3) is 0.238. The van der Waals surface area contributed by atoms with Gasteiger partial charge in [-0.3, -0.25) is 25.2 Å². The van der Waals surface area contributed by atoms with Gasteiger partial charge in [-0.15, -0.1) is 0 Å². The maximum atomic E-state index is 11.9. The number of rotatable bonds is 9. The third kappa shape index (κ3) is 9.95. The molecule has 0 saturated carbocycles. The molecule has 0 aliphatic carbocycles. The zero-order chi connectivity index (χ0) is 23.3. The summed E-state index contributed by atoms with van der Waals surface area (Å²) in [5, 5.41) is 2.91. The Bertz CT molecular complexity index is 960. The molecule has 170 valence electrons. The second kappa shape index (κ2) is 13.5. The number of carbonyl (C=O) groups excluding carboxylic acids is 3. The molecule has 0 unspecified atom stereocenters. The van der Waals surface area contributed by atoms with Gasteiger partial charge in [0.25, 0.3) is 5.91 Å². The number of halogens is 2. The van der Waals surface area contributed by atoms with Crippen LogP contribution in [-0.4, -0.2) is 36.1 Å². The van der Waals surface area contributed by atoms with E-state index in [1.807, 2.05) is 30.3 Å². The van der Waals surface area contributed by atoms with Gasteiger partial charge in [0.2, 0.25) is 5.91 Å². The van der Waals surface area contributed by atoms with Gasteiger partial charge in [-0.2, -0.15) is 0 Å². The van der Waals surface area contributed by atoms with Gasteiger partial charge in [0.05, 0.1) is 18.1 Å². The van der Waals surface area contributed by atoms with Gasteiger partial charge in [0, 0.05) is 17.9 Å². The van der Waals surface area contributed by atoms with E-state index < -0.39 is 17.8 Å². The lowest BCUT2D eigenvalue weighted by molar-refractivity contribution is -0.144. The van der Waals surface area contributed by atoms with Crippen LogP contribution in [-0.2, 0) is 25.5 Å². The molecule has 0 aromatic heterocycles. The van der Waals surface area contributed by atoms with E-state index in [1.54, 1.807) is 6.07 Å². The first-order valence-electron chi connectivity index (χ1n) is 9.49. The SMILES string of the molecule is O=C(COc1ccc(Cl)cc1Cl)NNC(=S)NC(=O)CCC(=O)OCCc1ccccc1. The van der Waals surface area contributed by atoms with E-state index in [0.29, 0.717) is 11.4 Å². The second-order valence-corrected chi connectivity index (χ2v) is 7.62. The lowest BCUT2D eigenvalue weighted by Gasteiger charge is -2.12. The third-order valence-corrected chi connectivity index (χ3v) is 4.61. The number of thiocarbonyl (C=S) groups is 1. The van der Waals surface area contributed by atoms with Gasteiger partial charge in [-0.05, 0) is 36.0 Å². The summed E-state index contributed by atoms with van der Waals surface area (Å²) in [6, 6.07) is 14.2. The van der Waals surface area contributed by atoms with Gasteiger partial charge >= 0.3 is 5.97 Å². The van der Waals surface area contributed by atoms with Crippen LogP contribution in [0.25, 0.3) is 0 Å². The molecule has 3 N–H and O–H groups in total. The first kappa shape index (κ1) is 25.4. The van der Waals surface area contributed by atoms with Crippen LogP contribution < -0.4 is 20.9 Å². The highest BCUT2D eigenvalue weighted by atomic mass is 35.5. The van der Waals surface area contributed by atoms with Crippen LogP contribution in [0.1, 0.15) is 18.4 Å². The van der Waals surface area contributed by atoms with E-state index in [0.717, 1.165) is 5.56 Å². The molecule has 0 fully saturated rings. The molecule has 2 rings (SSSR count). The van der Waals surface area contributed by atoms with Gasteiger partial charge in [-0.1, -0.05) is 53.5 Å². The number of nitrogens with one attached hydrogen (secondary N) is 3. The van der Waals surface area contributed by atoms with Gasteiger partial charge in [0.1, 0.15) is 5.75 Å². The number of esters is 1. The van der Waals surface area contributed by atoms with Crippen LogP contribution in [0.4, 0.5) is 0 Å². The minimum atomic E-state index is -0.561. The molecule has 2 aromatic carbocycles. The van der Waals surface area contributed by atoms with E-state index in [9.17, 15) is 14.4 Å². The number of amides is 2. The first-order chi connectivity index (χ1) is 15.3. The van der Waals surface area contributed by atoms with Crippen LogP contribution in [0.15, 0.2) is 48.5 Å². The molecule has 0 saturated heterocycles. The molecule has 0 spiro atoms. The number of hydrogen-bond acceptors (Lipinski definition) is 6. The number of benzene rings is 2. The normalized spacial score (nSPS) is 10.1. The predicted octanol–water partition coefficient (Wildman–Crippen LogP) is 2.96. The lowest BCUT2D eigenvalue weighted by atomic mass is 10.2. The molecular weight excluding hydrogens is 477 g/mol. The first-order valence-corrected chi connectivity index (χ1v) is 10.7. The topological polar surface area (TPSA) is 106 Å². The Morgan fingerprint density at radius 3 is 2.41 bits per heavy atom. The molecule has 2 aromatic rings. The second-order valence-electron chi connectivity index (χ2n) is 6.37. The van der Waals surface area contributed by atoms with Crippen molar-refractivity contribution in [2.75, 3.05) is 13.2 Å². The van der Waals surface area contributed by atoms with Crippen molar-refractivity contribution in [3.8, 4) is 5.75 Å². The molecule has 0 radical (unpaired) electrons. The van der Waals surface area contributed by atoms with Gasteiger partial charge in [-0.25, -0.2) is 0 Å². The molecule has 32 heavy (non-hydrogen) atoms. The fourth-order valence-electron chi connectivity index (χ4n) is 2.33. The Morgan fingerprint density at radius 1 is 0.938 bits per heavy atom. The molecule has 0 heterocycles. The minimum absolute atomic E-state index is 0.0920. The Labute approximate surface area is 200 Å². The average molecular weight is 498 g/mol. The summed E-state index contributed by atoms with van der Waals surface area (Å²) in [6.45, 7) is -0.112. The van der Waals surface area contributed by atoms with Gasteiger partial charge in [0.15, 0.2) is 11.7 Å². The molecule has 11 heteroatoms. The highest BCUT2D eigenvalue weighted by Gasteiger charge is 2.11. The van der Waals surface area contributed by atoms with Crippen molar-refractivity contribution in [2.45, 2.75) is 19.3 Å². The van der Waals surface area contributed by atoms with Crippen LogP contribution in [0.5, 0.6) is 5.75 Å². The summed E-state index contributed by atoms with van der Waals surface area (Å²) < 4.78 is 10.4. The zero-order valence-corrected chi connectivity index (χ0v) is 19.2. The van der Waals surface area contributed by atoms with Crippen LogP contribution >= 0.6 is 35.4 Å². The molecule has 0 bridgehead atoms. The van der Waals surface area contributed by atoms with Crippen LogP contribution in [0, 0.1) is 0 Å². The van der Waals surface area contributed by atoms with Crippen molar-refractivity contribution in [1.82, 2.24) is 16.2 Å². The van der Waals surface area contributed by atoms with Crippen molar-refractivity contribution < 1.29 is 23.9 Å². The van der Waals surface area contributed by atoms with Crippen LogP contribution in [0.2, 0.25) is 10.0 Å². The molecule has 0 atom stereocenters. The molecular formula is C21H21Cl2N3O5S. The van der Waals surface area contributed by atoms with Crippen molar-refractivity contribution in [3.05, 3.63) is 64.1 Å². The summed E-state index contributed by atoms with van der Waals surface area (Å²) in [5.74, 6) is -1.26.